The topological polar surface area (TPSA) is 68.2 Å². The van der Waals surface area contributed by atoms with Gasteiger partial charge in [-0.3, -0.25) is 0 Å². The lowest BCUT2D eigenvalue weighted by atomic mass is 9.62. The van der Waals surface area contributed by atoms with Gasteiger partial charge in [-0.2, -0.15) is 0 Å². The molecule has 44 heavy (non-hydrogen) atoms. The molecule has 0 amide bonds. The lowest BCUT2D eigenvalue weighted by molar-refractivity contribution is -0.0604. The Bertz CT molecular complexity index is 988. The summed E-state index contributed by atoms with van der Waals surface area (Å²) in [5, 5.41) is 22.0. The van der Waals surface area contributed by atoms with Crippen LogP contribution in [-0.4, -0.2) is 63.5 Å². The average Bonchev–Trinajstić information content (AvgIpc) is 3.20. The minimum absolute atomic E-state index is 0.0759. The van der Waals surface area contributed by atoms with Gasteiger partial charge < -0.3 is 23.8 Å². The van der Waals surface area contributed by atoms with E-state index in [0.717, 1.165) is 12.8 Å². The predicted octanol–water partition coefficient (Wildman–Crippen LogP) is 9.56. The van der Waals surface area contributed by atoms with E-state index in [2.05, 4.69) is 93.7 Å². The van der Waals surface area contributed by atoms with Crippen LogP contribution in [0.3, 0.4) is 0 Å². The first kappa shape index (κ1) is 38.2. The highest BCUT2D eigenvalue weighted by molar-refractivity contribution is 6.74. The van der Waals surface area contributed by atoms with E-state index in [4.69, 9.17) is 13.6 Å². The summed E-state index contributed by atoms with van der Waals surface area (Å²) in [6, 6.07) is 0. The van der Waals surface area contributed by atoms with Gasteiger partial charge in [0.05, 0.1) is 23.9 Å². The van der Waals surface area contributed by atoms with Crippen molar-refractivity contribution in [2.45, 2.75) is 187 Å². The molecule has 7 atom stereocenters. The largest absolute Gasteiger partial charge is 0.411 e. The first-order valence-corrected chi connectivity index (χ1v) is 23.5. The number of aliphatic hydroxyl groups is 2. The Morgan fingerprint density at radius 1 is 0.886 bits per heavy atom. The molecule has 0 aromatic carbocycles. The van der Waals surface area contributed by atoms with Crippen molar-refractivity contribution in [1.82, 2.24) is 0 Å². The molecule has 0 saturated heterocycles. The van der Waals surface area contributed by atoms with Crippen molar-refractivity contribution in [3.63, 3.8) is 0 Å². The van der Waals surface area contributed by atoms with Crippen LogP contribution in [0.4, 0.5) is 0 Å². The Hall–Kier alpha value is -0.286. The summed E-state index contributed by atoms with van der Waals surface area (Å²) < 4.78 is 20.2. The zero-order chi connectivity index (χ0) is 33.5. The molecule has 0 spiro atoms. The molecular weight excluding hydrogens is 581 g/mol. The Morgan fingerprint density at radius 2 is 1.41 bits per heavy atom. The molecule has 3 aliphatic carbocycles. The smallest absolute Gasteiger partial charge is 0.192 e. The van der Waals surface area contributed by atoms with Crippen LogP contribution in [0.25, 0.3) is 0 Å². The second-order valence-electron chi connectivity index (χ2n) is 18.5. The molecule has 5 nitrogen and oxygen atoms in total. The predicted molar refractivity (Wildman–Crippen MR) is 190 cm³/mol. The maximum absolute atomic E-state index is 11.7. The molecule has 4 unspecified atom stereocenters. The van der Waals surface area contributed by atoms with E-state index in [0.29, 0.717) is 24.9 Å². The number of aliphatic hydroxyl groups excluding tert-OH is 1. The van der Waals surface area contributed by atoms with Crippen LogP contribution in [0.5, 0.6) is 0 Å². The van der Waals surface area contributed by atoms with Gasteiger partial charge in [0, 0.05) is 6.61 Å². The molecule has 256 valence electrons. The summed E-state index contributed by atoms with van der Waals surface area (Å²) in [6.07, 6.45) is 12.2. The van der Waals surface area contributed by atoms with Crippen LogP contribution in [0.15, 0.2) is 23.3 Å². The number of fused-ring (bicyclic) bond motifs is 1. The van der Waals surface area contributed by atoms with Gasteiger partial charge in [-0.25, -0.2) is 0 Å². The van der Waals surface area contributed by atoms with Crippen molar-refractivity contribution in [1.29, 1.82) is 0 Å². The molecule has 0 aliphatic heterocycles. The lowest BCUT2D eigenvalue weighted by Crippen LogP contribution is -2.55. The second kappa shape index (κ2) is 13.7. The first-order valence-electron chi connectivity index (χ1n) is 17.6. The van der Waals surface area contributed by atoms with Gasteiger partial charge in [-0.15, -0.1) is 0 Å². The summed E-state index contributed by atoms with van der Waals surface area (Å²) in [5.74, 6) is 1.13. The molecule has 3 aliphatic rings. The van der Waals surface area contributed by atoms with Gasteiger partial charge in [0.25, 0.3) is 0 Å². The van der Waals surface area contributed by atoms with Gasteiger partial charge in [0.15, 0.2) is 16.6 Å². The van der Waals surface area contributed by atoms with E-state index in [1.807, 2.05) is 13.8 Å². The number of rotatable bonds is 10. The van der Waals surface area contributed by atoms with E-state index < -0.39 is 28.3 Å². The Balaban J connectivity index is 1.85. The van der Waals surface area contributed by atoms with E-state index in [1.165, 1.54) is 37.7 Å². The van der Waals surface area contributed by atoms with Gasteiger partial charge in [0.1, 0.15) is 6.10 Å². The van der Waals surface area contributed by atoms with Crippen molar-refractivity contribution >= 4 is 16.6 Å². The zero-order valence-electron chi connectivity index (χ0n) is 31.1. The van der Waals surface area contributed by atoms with Gasteiger partial charge >= 0.3 is 0 Å². The normalized spacial score (nSPS) is 33.6. The fraction of sp³-hybridized carbons (Fsp3) is 0.892. The van der Waals surface area contributed by atoms with Crippen molar-refractivity contribution < 1.29 is 23.8 Å². The number of hydrogen-bond donors (Lipinski definition) is 2. The molecule has 0 aromatic heterocycles. The first-order chi connectivity index (χ1) is 19.9. The van der Waals surface area contributed by atoms with Crippen LogP contribution in [-0.2, 0) is 13.6 Å². The summed E-state index contributed by atoms with van der Waals surface area (Å²) >= 11 is 0. The van der Waals surface area contributed by atoms with Gasteiger partial charge in [-0.1, -0.05) is 71.8 Å². The fourth-order valence-electron chi connectivity index (χ4n) is 7.44. The maximum atomic E-state index is 11.7. The highest BCUT2D eigenvalue weighted by Gasteiger charge is 2.51. The third-order valence-corrected chi connectivity index (χ3v) is 21.4. The van der Waals surface area contributed by atoms with Crippen molar-refractivity contribution in [2.75, 3.05) is 6.61 Å². The maximum Gasteiger partial charge on any atom is 0.192 e. The highest BCUT2D eigenvalue weighted by Crippen LogP contribution is 2.58. The molecule has 0 bridgehead atoms. The molecule has 3 rings (SSSR count). The standard InChI is InChI=1S/C37H70O5Si2/c1-26(40-23-22-36(8,9)39)29-19-20-30-28(16-15-21-37(29,30)10)18-17-27-24-31(41-43(11,12)34(2,3)4)33(38)32(25-27)42-44(13,14)35(5,6)7/h17-18,26,29-33,38-39H,15-16,19-25H2,1-14H3/b27-17?,28-18+/t26-,29?,30?,31-,32+,33?,37?/m1/s1. The fourth-order valence-corrected chi connectivity index (χ4v) is 10.1. The highest BCUT2D eigenvalue weighted by atomic mass is 28.4. The number of ether oxygens (including phenoxy) is 1. The summed E-state index contributed by atoms with van der Waals surface area (Å²) in [6.45, 7) is 31.9. The quantitative estimate of drug-likeness (QED) is 0.231. The number of hydrogen-bond acceptors (Lipinski definition) is 5. The third-order valence-electron chi connectivity index (χ3n) is 12.4. The molecule has 3 fully saturated rings. The van der Waals surface area contributed by atoms with Crippen LogP contribution >= 0.6 is 0 Å². The molecule has 7 heteroatoms. The minimum atomic E-state index is -2.08. The molecular formula is C37H70O5Si2. The zero-order valence-corrected chi connectivity index (χ0v) is 33.1. The molecule has 0 aromatic rings. The SMILES string of the molecule is C[C@@H](OCCC(C)(C)O)C1CCC2/C(=C/C=C3C[C@H](O[Si](C)(C)C(C)(C)C)C(O)[C@H](O[Si](C)(C)C(C)(C)C)C3)CCCC21C. The van der Waals surface area contributed by atoms with Gasteiger partial charge in [0.2, 0.25) is 0 Å². The van der Waals surface area contributed by atoms with Gasteiger partial charge in [-0.05, 0) is 126 Å². The van der Waals surface area contributed by atoms with Crippen molar-refractivity contribution in [3.05, 3.63) is 23.3 Å². The minimum Gasteiger partial charge on any atom is -0.411 e. The Kier molecular flexibility index (Phi) is 11.9. The second-order valence-corrected chi connectivity index (χ2v) is 28.0. The monoisotopic (exact) mass is 650 g/mol. The van der Waals surface area contributed by atoms with Crippen LogP contribution in [0.1, 0.15) is 121 Å². The third kappa shape index (κ3) is 8.99. The van der Waals surface area contributed by atoms with Crippen molar-refractivity contribution in [2.24, 2.45) is 17.3 Å². The van der Waals surface area contributed by atoms with Crippen LogP contribution in [0, 0.1) is 17.3 Å². The Morgan fingerprint density at radius 3 is 1.89 bits per heavy atom. The summed E-state index contributed by atoms with van der Waals surface area (Å²) in [4.78, 5) is 0. The van der Waals surface area contributed by atoms with Crippen LogP contribution in [0.2, 0.25) is 36.3 Å². The average molecular weight is 651 g/mol. The lowest BCUT2D eigenvalue weighted by Gasteiger charge is -2.47. The molecule has 3 saturated carbocycles. The molecule has 2 N–H and O–H groups in total. The number of allylic oxidation sites excluding steroid dienone is 3. The van der Waals surface area contributed by atoms with E-state index in [9.17, 15) is 10.2 Å². The molecule has 0 heterocycles. The van der Waals surface area contributed by atoms with E-state index in [-0.39, 0.29) is 33.8 Å². The summed E-state index contributed by atoms with van der Waals surface area (Å²) in [7, 11) is -4.17. The Labute approximate surface area is 273 Å². The van der Waals surface area contributed by atoms with Crippen molar-refractivity contribution in [3.8, 4) is 0 Å². The van der Waals surface area contributed by atoms with Crippen LogP contribution < -0.4 is 0 Å². The molecule has 0 radical (unpaired) electrons. The van der Waals surface area contributed by atoms with E-state index >= 15 is 0 Å². The summed E-state index contributed by atoms with van der Waals surface area (Å²) in [5.41, 5.74) is 2.50. The van der Waals surface area contributed by atoms with E-state index in [1.54, 1.807) is 5.57 Å².